The maximum absolute atomic E-state index is 6.09. The number of hydrogen-bond donors (Lipinski definition) is 0. The summed E-state index contributed by atoms with van der Waals surface area (Å²) in [6.07, 6.45) is 6.63. The van der Waals surface area contributed by atoms with Crippen molar-refractivity contribution >= 4 is 0 Å². The van der Waals surface area contributed by atoms with Gasteiger partial charge in [-0.25, -0.2) is 0 Å². The van der Waals surface area contributed by atoms with E-state index in [1.807, 2.05) is 0 Å². The summed E-state index contributed by atoms with van der Waals surface area (Å²) < 4.78 is 0. The van der Waals surface area contributed by atoms with Crippen LogP contribution in [0.1, 0.15) is 80.1 Å². The molecule has 128 valence electrons. The third kappa shape index (κ3) is 2.10. The molecule has 1 saturated heterocycles. The second kappa shape index (κ2) is 5.17. The van der Waals surface area contributed by atoms with Gasteiger partial charge in [0.1, 0.15) is 0 Å². The van der Waals surface area contributed by atoms with Crippen molar-refractivity contribution in [1.82, 2.24) is 0 Å². The Bertz CT molecular complexity index is 381. The van der Waals surface area contributed by atoms with E-state index >= 15 is 0 Å². The molecule has 4 heteroatoms. The molecule has 3 rings (SSSR count). The largest absolute Gasteiger partial charge is 0.241 e. The van der Waals surface area contributed by atoms with Gasteiger partial charge < -0.3 is 0 Å². The molecule has 2 atom stereocenters. The van der Waals surface area contributed by atoms with E-state index in [1.54, 1.807) is 0 Å². The fourth-order valence-electron chi connectivity index (χ4n) is 4.82. The van der Waals surface area contributed by atoms with E-state index in [9.17, 15) is 0 Å². The number of hydrogen-bond acceptors (Lipinski definition) is 4. The topological polar surface area (TPSA) is 36.9 Å². The van der Waals surface area contributed by atoms with Crippen LogP contribution in [0.3, 0.4) is 0 Å². The lowest BCUT2D eigenvalue weighted by molar-refractivity contribution is -0.699. The van der Waals surface area contributed by atoms with Crippen LogP contribution >= 0.6 is 0 Å². The standard InChI is InChI=1S/C18H32O4/c1-13-9-7-11-15(3,4)17(13)19-21-18(22-20-17)14(2)10-8-12-16(18,5)6/h13-14H,7-12H2,1-6H3. The Balaban J connectivity index is 1.87. The lowest BCUT2D eigenvalue weighted by atomic mass is 9.66. The van der Waals surface area contributed by atoms with Crippen LogP contribution in [0.25, 0.3) is 0 Å². The molecular weight excluding hydrogens is 280 g/mol. The summed E-state index contributed by atoms with van der Waals surface area (Å²) in [5, 5.41) is 0. The molecular formula is C18H32O4. The molecule has 3 fully saturated rings. The fraction of sp³-hybridized carbons (Fsp3) is 1.00. The first kappa shape index (κ1) is 16.7. The summed E-state index contributed by atoms with van der Waals surface area (Å²) in [7, 11) is 0. The van der Waals surface area contributed by atoms with Crippen molar-refractivity contribution in [3.63, 3.8) is 0 Å². The minimum atomic E-state index is -0.802. The van der Waals surface area contributed by atoms with E-state index in [4.69, 9.17) is 19.6 Å². The van der Waals surface area contributed by atoms with Gasteiger partial charge in [-0.05, 0) is 25.7 Å². The zero-order valence-corrected chi connectivity index (χ0v) is 15.0. The predicted octanol–water partition coefficient (Wildman–Crippen LogP) is 4.98. The van der Waals surface area contributed by atoms with E-state index in [1.165, 1.54) is 12.8 Å². The lowest BCUT2D eigenvalue weighted by Crippen LogP contribution is -2.67. The minimum absolute atomic E-state index is 0.131. The van der Waals surface area contributed by atoms with Gasteiger partial charge in [-0.1, -0.05) is 54.4 Å². The Kier molecular flexibility index (Phi) is 3.92. The molecule has 22 heavy (non-hydrogen) atoms. The van der Waals surface area contributed by atoms with E-state index in [2.05, 4.69) is 41.5 Å². The van der Waals surface area contributed by atoms with Gasteiger partial charge >= 0.3 is 0 Å². The van der Waals surface area contributed by atoms with E-state index < -0.39 is 11.6 Å². The van der Waals surface area contributed by atoms with Gasteiger partial charge in [0.25, 0.3) is 0 Å². The molecule has 0 aromatic carbocycles. The molecule has 0 amide bonds. The first-order valence-electron chi connectivity index (χ1n) is 8.91. The van der Waals surface area contributed by atoms with Crippen molar-refractivity contribution in [2.24, 2.45) is 22.7 Å². The Morgan fingerprint density at radius 3 is 1.23 bits per heavy atom. The van der Waals surface area contributed by atoms with E-state index in [-0.39, 0.29) is 22.7 Å². The average Bonchev–Trinajstić information content (AvgIpc) is 2.43. The van der Waals surface area contributed by atoms with Crippen molar-refractivity contribution in [2.45, 2.75) is 91.6 Å². The van der Waals surface area contributed by atoms with Crippen molar-refractivity contribution in [3.05, 3.63) is 0 Å². The maximum atomic E-state index is 6.09. The second-order valence-electron chi connectivity index (χ2n) is 9.02. The lowest BCUT2D eigenvalue weighted by Gasteiger charge is -2.59. The summed E-state index contributed by atoms with van der Waals surface area (Å²) in [4.78, 5) is 24.3. The van der Waals surface area contributed by atoms with Gasteiger partial charge in [0.05, 0.1) is 0 Å². The minimum Gasteiger partial charge on any atom is -0.194 e. The molecule has 2 spiro atoms. The highest BCUT2D eigenvalue weighted by atomic mass is 17.4. The molecule has 0 radical (unpaired) electrons. The van der Waals surface area contributed by atoms with Crippen LogP contribution in [0.2, 0.25) is 0 Å². The monoisotopic (exact) mass is 312 g/mol. The SMILES string of the molecule is CC1CCCC(C)(C)C12OOC1(OO2)C(C)CCCC1(C)C. The third-order valence-corrected chi connectivity index (χ3v) is 6.64. The molecule has 0 aromatic rings. The van der Waals surface area contributed by atoms with Crippen LogP contribution < -0.4 is 0 Å². The van der Waals surface area contributed by atoms with Crippen molar-refractivity contribution < 1.29 is 19.6 Å². The van der Waals surface area contributed by atoms with Gasteiger partial charge in [0.15, 0.2) is 0 Å². The van der Waals surface area contributed by atoms with Gasteiger partial charge in [-0.15, -0.1) is 0 Å². The average molecular weight is 312 g/mol. The maximum Gasteiger partial charge on any atom is 0.241 e. The molecule has 0 N–H and O–H groups in total. The fourth-order valence-corrected chi connectivity index (χ4v) is 4.82. The summed E-state index contributed by atoms with van der Waals surface area (Å²) >= 11 is 0. The first-order valence-corrected chi connectivity index (χ1v) is 8.91. The molecule has 0 aromatic heterocycles. The van der Waals surface area contributed by atoms with E-state index in [0.717, 1.165) is 25.7 Å². The third-order valence-electron chi connectivity index (χ3n) is 6.64. The van der Waals surface area contributed by atoms with Crippen LogP contribution in [0.5, 0.6) is 0 Å². The normalized spacial score (nSPS) is 47.7. The molecule has 4 nitrogen and oxygen atoms in total. The highest BCUT2D eigenvalue weighted by molar-refractivity contribution is 4.98. The quantitative estimate of drug-likeness (QED) is 0.591. The van der Waals surface area contributed by atoms with Crippen molar-refractivity contribution in [1.29, 1.82) is 0 Å². The second-order valence-corrected chi connectivity index (χ2v) is 9.02. The molecule has 2 saturated carbocycles. The molecule has 3 aliphatic rings. The van der Waals surface area contributed by atoms with Crippen LogP contribution in [0.15, 0.2) is 0 Å². The summed E-state index contributed by atoms with van der Waals surface area (Å²) in [5.41, 5.74) is -0.261. The zero-order valence-electron chi connectivity index (χ0n) is 15.0. The van der Waals surface area contributed by atoms with Crippen molar-refractivity contribution in [2.75, 3.05) is 0 Å². The van der Waals surface area contributed by atoms with Crippen molar-refractivity contribution in [3.8, 4) is 0 Å². The number of rotatable bonds is 0. The highest BCUT2D eigenvalue weighted by Gasteiger charge is 2.65. The van der Waals surface area contributed by atoms with Crippen LogP contribution in [0, 0.1) is 22.7 Å². The van der Waals surface area contributed by atoms with Gasteiger partial charge in [0, 0.05) is 22.7 Å². The van der Waals surface area contributed by atoms with Crippen LogP contribution in [-0.2, 0) is 19.6 Å². The Morgan fingerprint density at radius 1 is 0.636 bits per heavy atom. The van der Waals surface area contributed by atoms with Gasteiger partial charge in [0.2, 0.25) is 11.6 Å². The first-order chi connectivity index (χ1) is 10.2. The summed E-state index contributed by atoms with van der Waals surface area (Å²) in [6, 6.07) is 0. The van der Waals surface area contributed by atoms with Gasteiger partial charge in [-0.3, -0.25) is 0 Å². The Morgan fingerprint density at radius 2 is 0.955 bits per heavy atom. The Labute approximate surface area is 134 Å². The predicted molar refractivity (Wildman–Crippen MR) is 83.4 cm³/mol. The highest BCUT2D eigenvalue weighted by Crippen LogP contribution is 2.58. The van der Waals surface area contributed by atoms with Crippen LogP contribution in [-0.4, -0.2) is 11.6 Å². The van der Waals surface area contributed by atoms with Crippen LogP contribution in [0.4, 0.5) is 0 Å². The molecule has 2 unspecified atom stereocenters. The molecule has 1 aliphatic heterocycles. The smallest absolute Gasteiger partial charge is 0.194 e. The Hall–Kier alpha value is -0.160. The molecule has 1 heterocycles. The van der Waals surface area contributed by atoms with Gasteiger partial charge in [-0.2, -0.15) is 19.6 Å². The molecule has 2 aliphatic carbocycles. The van der Waals surface area contributed by atoms with E-state index in [0.29, 0.717) is 0 Å². The summed E-state index contributed by atoms with van der Waals surface area (Å²) in [6.45, 7) is 13.1. The summed E-state index contributed by atoms with van der Waals surface area (Å²) in [5.74, 6) is -1.11. The molecule has 0 bridgehead atoms. The zero-order chi connectivity index (χ0) is 16.2.